The Kier molecular flexibility index (Phi) is 6.17. The van der Waals surface area contributed by atoms with Gasteiger partial charge in [-0.15, -0.1) is 0 Å². The molecule has 178 valence electrons. The van der Waals surface area contributed by atoms with Crippen LogP contribution in [0.4, 0.5) is 0 Å². The van der Waals surface area contributed by atoms with Gasteiger partial charge in [-0.3, -0.25) is 4.57 Å². The van der Waals surface area contributed by atoms with Crippen molar-refractivity contribution >= 4 is 51.3 Å². The Morgan fingerprint density at radius 2 is 1.91 bits per heavy atom. The predicted octanol–water partition coefficient (Wildman–Crippen LogP) is 2.52. The number of ether oxygens (including phenoxy) is 4. The molecule has 0 aliphatic carbocycles. The number of halogens is 2. The fourth-order valence-electron chi connectivity index (χ4n) is 4.00. The number of fused-ring (bicyclic) bond motifs is 2. The molecule has 2 aliphatic rings. The lowest BCUT2D eigenvalue weighted by atomic mass is 10.1. The van der Waals surface area contributed by atoms with Gasteiger partial charge in [-0.1, -0.05) is 11.6 Å². The fourth-order valence-corrected chi connectivity index (χ4v) is 8.88. The molecule has 4 heterocycles. The Balaban J connectivity index is 1.65. The number of hydrogen-bond acceptors (Lipinski definition) is 10. The third-order valence-electron chi connectivity index (χ3n) is 5.03. The Bertz CT molecular complexity index is 1200. The standard InChI is InChI=1S/C17H23Cl2N4O7PS/c1-17(2)29-10-8(6-27-16(31(3,4)24)32(5,25)26)28-14(11(10)30-17)23-7-20-9-12(18)21-15(19)22-13(9)23/h7-8,10-11,14,16H,6H2,1-5H3/t8-,10-,11-,14-,16?/m1/s1. The molecule has 0 radical (unpaired) electrons. The number of nitrogens with zero attached hydrogens (tertiary/aromatic N) is 4. The minimum absolute atomic E-state index is 0.0553. The molecule has 2 fully saturated rings. The van der Waals surface area contributed by atoms with Gasteiger partial charge in [-0.05, 0) is 38.8 Å². The van der Waals surface area contributed by atoms with Gasteiger partial charge >= 0.3 is 0 Å². The average molecular weight is 529 g/mol. The van der Waals surface area contributed by atoms with Gasteiger partial charge in [-0.2, -0.15) is 4.98 Å². The van der Waals surface area contributed by atoms with E-state index in [9.17, 15) is 13.0 Å². The summed E-state index contributed by atoms with van der Waals surface area (Å²) in [6.07, 6.45) is -0.167. The van der Waals surface area contributed by atoms with E-state index in [2.05, 4.69) is 15.0 Å². The minimum atomic E-state index is -3.73. The van der Waals surface area contributed by atoms with Gasteiger partial charge in [0.25, 0.3) is 0 Å². The van der Waals surface area contributed by atoms with E-state index in [4.69, 9.17) is 42.1 Å². The lowest BCUT2D eigenvalue weighted by Gasteiger charge is -2.26. The topological polar surface area (TPSA) is 132 Å². The van der Waals surface area contributed by atoms with Crippen LogP contribution in [0.3, 0.4) is 0 Å². The maximum atomic E-state index is 12.5. The average Bonchev–Trinajstić information content (AvgIpc) is 3.24. The number of aromatic nitrogens is 4. The molecule has 4 rings (SSSR count). The Morgan fingerprint density at radius 3 is 2.53 bits per heavy atom. The summed E-state index contributed by atoms with van der Waals surface area (Å²) in [5.74, 6) is -0.919. The summed E-state index contributed by atoms with van der Waals surface area (Å²) < 4.78 is 62.2. The van der Waals surface area contributed by atoms with Crippen LogP contribution in [-0.4, -0.2) is 83.4 Å². The predicted molar refractivity (Wildman–Crippen MR) is 117 cm³/mol. The summed E-state index contributed by atoms with van der Waals surface area (Å²) in [7, 11) is -6.84. The van der Waals surface area contributed by atoms with Crippen LogP contribution in [0.2, 0.25) is 10.4 Å². The van der Waals surface area contributed by atoms with E-state index in [1.807, 2.05) is 0 Å². The maximum Gasteiger partial charge on any atom is 0.225 e. The molecule has 11 nitrogen and oxygen atoms in total. The normalized spacial score (nSPS) is 28.8. The van der Waals surface area contributed by atoms with E-state index >= 15 is 0 Å². The molecule has 2 aromatic rings. The molecule has 0 amide bonds. The number of sulfone groups is 1. The second-order valence-corrected chi connectivity index (χ2v) is 15.1. The van der Waals surface area contributed by atoms with E-state index in [0.29, 0.717) is 11.2 Å². The van der Waals surface area contributed by atoms with Crippen LogP contribution in [0, 0.1) is 0 Å². The third-order valence-corrected chi connectivity index (χ3v) is 10.2. The molecule has 2 saturated heterocycles. The molecule has 0 bridgehead atoms. The zero-order chi connectivity index (χ0) is 23.6. The van der Waals surface area contributed by atoms with Crippen molar-refractivity contribution in [1.29, 1.82) is 0 Å². The van der Waals surface area contributed by atoms with E-state index in [1.165, 1.54) is 19.7 Å². The first kappa shape index (κ1) is 24.3. The van der Waals surface area contributed by atoms with Crippen LogP contribution in [0.15, 0.2) is 6.33 Å². The first-order chi connectivity index (χ1) is 14.7. The molecule has 0 N–H and O–H groups in total. The fraction of sp³-hybridized carbons (Fsp3) is 0.706. The van der Waals surface area contributed by atoms with Crippen LogP contribution in [0.1, 0.15) is 20.1 Å². The summed E-state index contributed by atoms with van der Waals surface area (Å²) in [6.45, 7) is 6.07. The van der Waals surface area contributed by atoms with Crippen molar-refractivity contribution in [2.24, 2.45) is 0 Å². The highest BCUT2D eigenvalue weighted by Crippen LogP contribution is 2.47. The minimum Gasteiger partial charge on any atom is -0.352 e. The SMILES string of the molecule is CC1(C)O[C@@H]2[C@H](O1)[C@@H](COC(P(C)(C)=O)S(C)(=O)=O)O[C@H]2n1cnc2c(Cl)nc(Cl)nc21. The molecule has 0 saturated carbocycles. The lowest BCUT2D eigenvalue weighted by molar-refractivity contribution is -0.201. The van der Waals surface area contributed by atoms with Crippen molar-refractivity contribution in [3.63, 3.8) is 0 Å². The summed E-state index contributed by atoms with van der Waals surface area (Å²) in [5, 5.41) is -1.42. The van der Waals surface area contributed by atoms with Crippen molar-refractivity contribution in [2.75, 3.05) is 26.2 Å². The van der Waals surface area contributed by atoms with Gasteiger partial charge in [0.2, 0.25) is 10.5 Å². The van der Waals surface area contributed by atoms with Gasteiger partial charge in [0.1, 0.15) is 31.0 Å². The van der Waals surface area contributed by atoms with Crippen LogP contribution >= 0.6 is 30.3 Å². The Labute approximate surface area is 195 Å². The van der Waals surface area contributed by atoms with Crippen LogP contribution < -0.4 is 0 Å². The second kappa shape index (κ2) is 8.13. The zero-order valence-corrected chi connectivity index (χ0v) is 21.2. The summed E-state index contributed by atoms with van der Waals surface area (Å²) in [5.41, 5.74) is 0.679. The summed E-state index contributed by atoms with van der Waals surface area (Å²) in [4.78, 5) is 12.3. The molecule has 32 heavy (non-hydrogen) atoms. The number of hydrogen-bond donors (Lipinski definition) is 0. The van der Waals surface area contributed by atoms with E-state index < -0.39 is 52.5 Å². The van der Waals surface area contributed by atoms with Gasteiger partial charge in [0.05, 0.1) is 12.9 Å². The van der Waals surface area contributed by atoms with E-state index in [0.717, 1.165) is 6.26 Å². The molecule has 2 aromatic heterocycles. The highest BCUT2D eigenvalue weighted by Gasteiger charge is 2.56. The lowest BCUT2D eigenvalue weighted by Crippen LogP contribution is -2.35. The highest BCUT2D eigenvalue weighted by molar-refractivity contribution is 7.99. The van der Waals surface area contributed by atoms with Crippen LogP contribution in [0.5, 0.6) is 0 Å². The summed E-state index contributed by atoms with van der Waals surface area (Å²) in [6, 6.07) is 0. The van der Waals surface area contributed by atoms with Crippen molar-refractivity contribution < 1.29 is 31.9 Å². The Morgan fingerprint density at radius 1 is 1.25 bits per heavy atom. The van der Waals surface area contributed by atoms with Crippen molar-refractivity contribution in [3.8, 4) is 0 Å². The molecule has 0 spiro atoms. The molecule has 2 aliphatic heterocycles. The molecule has 1 unspecified atom stereocenters. The van der Waals surface area contributed by atoms with Crippen molar-refractivity contribution in [2.45, 2.75) is 49.4 Å². The first-order valence-corrected chi connectivity index (χ1v) is 15.0. The smallest absolute Gasteiger partial charge is 0.225 e. The second-order valence-electron chi connectivity index (χ2n) is 8.64. The number of rotatable bonds is 6. The van der Waals surface area contributed by atoms with Gasteiger partial charge in [0, 0.05) is 6.26 Å². The van der Waals surface area contributed by atoms with Crippen molar-refractivity contribution in [1.82, 2.24) is 19.5 Å². The maximum absolute atomic E-state index is 12.5. The first-order valence-electron chi connectivity index (χ1n) is 9.59. The van der Waals surface area contributed by atoms with E-state index in [-0.39, 0.29) is 17.0 Å². The largest absolute Gasteiger partial charge is 0.352 e. The molecule has 15 heteroatoms. The molecular weight excluding hydrogens is 506 g/mol. The quantitative estimate of drug-likeness (QED) is 0.312. The van der Waals surface area contributed by atoms with Crippen LogP contribution in [-0.2, 0) is 33.3 Å². The van der Waals surface area contributed by atoms with Gasteiger partial charge in [0.15, 0.2) is 32.7 Å². The number of imidazole rings is 1. The van der Waals surface area contributed by atoms with Gasteiger partial charge in [-0.25, -0.2) is 18.4 Å². The Hall–Kier alpha value is -0.850. The zero-order valence-electron chi connectivity index (χ0n) is 17.9. The molecule has 5 atom stereocenters. The monoisotopic (exact) mass is 528 g/mol. The van der Waals surface area contributed by atoms with Crippen molar-refractivity contribution in [3.05, 3.63) is 16.8 Å². The third kappa shape index (κ3) is 4.56. The van der Waals surface area contributed by atoms with Gasteiger partial charge < -0.3 is 23.5 Å². The molecular formula is C17H23Cl2N4O7PS. The van der Waals surface area contributed by atoms with Crippen LogP contribution in [0.25, 0.3) is 11.2 Å². The highest BCUT2D eigenvalue weighted by atomic mass is 35.5. The van der Waals surface area contributed by atoms with E-state index in [1.54, 1.807) is 18.4 Å². The summed E-state index contributed by atoms with van der Waals surface area (Å²) >= 11 is 12.1. The molecule has 0 aromatic carbocycles.